The molecule has 236 valence electrons. The predicted molar refractivity (Wildman–Crippen MR) is 157 cm³/mol. The number of alkyl halides is 3. The maximum Gasteiger partial charge on any atom is 0.417 e. The Balaban J connectivity index is 0.000000233. The van der Waals surface area contributed by atoms with Gasteiger partial charge in [0.25, 0.3) is 0 Å². The third-order valence-corrected chi connectivity index (χ3v) is 7.51. The first-order valence-corrected chi connectivity index (χ1v) is 14.4. The molecule has 0 radical (unpaired) electrons. The molecule has 1 heterocycles. The van der Waals surface area contributed by atoms with Crippen LogP contribution in [0.15, 0.2) is 60.2 Å². The molecular weight excluding hydrogens is 607 g/mol. The normalized spacial score (nSPS) is 15.0. The Kier molecular flexibility index (Phi) is 11.2. The van der Waals surface area contributed by atoms with E-state index in [0.717, 1.165) is 42.7 Å². The van der Waals surface area contributed by atoms with Gasteiger partial charge in [0.05, 0.1) is 16.2 Å². The Labute approximate surface area is 256 Å². The number of hydrogen-bond donors (Lipinski definition) is 3. The van der Waals surface area contributed by atoms with Crippen molar-refractivity contribution in [2.75, 3.05) is 26.3 Å². The lowest BCUT2D eigenvalue weighted by Gasteiger charge is -2.19. The Hall–Kier alpha value is -3.67. The summed E-state index contributed by atoms with van der Waals surface area (Å²) >= 11 is 5.74. The summed E-state index contributed by atoms with van der Waals surface area (Å²) < 4.78 is 75.8. The highest BCUT2D eigenvalue weighted by Gasteiger charge is 2.34. The third-order valence-electron chi connectivity index (χ3n) is 7.06. The molecule has 0 spiro atoms. The van der Waals surface area contributed by atoms with E-state index in [9.17, 15) is 31.9 Å². The van der Waals surface area contributed by atoms with Gasteiger partial charge in [-0.25, -0.2) is 13.6 Å². The first-order chi connectivity index (χ1) is 21.0. The van der Waals surface area contributed by atoms with Gasteiger partial charge in [-0.1, -0.05) is 41.9 Å². The topological polar surface area (TPSA) is 79.8 Å². The van der Waals surface area contributed by atoms with Crippen molar-refractivity contribution in [1.82, 2.24) is 10.6 Å². The highest BCUT2D eigenvalue weighted by Crippen LogP contribution is 2.36. The first-order valence-electron chi connectivity index (χ1n) is 14.0. The van der Waals surface area contributed by atoms with Crippen LogP contribution in [0.5, 0.6) is 11.5 Å². The zero-order valence-corrected chi connectivity index (χ0v) is 24.6. The quantitative estimate of drug-likeness (QED) is 0.161. The van der Waals surface area contributed by atoms with E-state index in [1.54, 1.807) is 30.3 Å². The molecule has 2 aliphatic rings. The Morgan fingerprint density at radius 2 is 1.75 bits per heavy atom. The number of nitrogens with one attached hydrogen (secondary N) is 2. The molecule has 0 atom stereocenters. The number of hydrogen-bond acceptors (Lipinski definition) is 5. The van der Waals surface area contributed by atoms with Crippen molar-refractivity contribution in [1.29, 1.82) is 0 Å². The summed E-state index contributed by atoms with van der Waals surface area (Å²) in [6.45, 7) is 3.10. The minimum Gasteiger partial charge on any atom is -0.490 e. The minimum atomic E-state index is -4.38. The molecule has 0 amide bonds. The van der Waals surface area contributed by atoms with Gasteiger partial charge in [-0.2, -0.15) is 13.2 Å². The summed E-state index contributed by atoms with van der Waals surface area (Å²) in [7, 11) is 0. The fourth-order valence-electron chi connectivity index (χ4n) is 4.50. The molecule has 12 heteroatoms. The van der Waals surface area contributed by atoms with Crippen LogP contribution in [0, 0.1) is 18.6 Å². The number of benzene rings is 3. The van der Waals surface area contributed by atoms with Crippen molar-refractivity contribution < 1.29 is 41.3 Å². The second-order valence-electron chi connectivity index (χ2n) is 10.3. The molecule has 5 rings (SSSR count). The predicted octanol–water partition coefficient (Wildman–Crippen LogP) is 7.17. The molecule has 6 nitrogen and oxygen atoms in total. The average Bonchev–Trinajstić information content (AvgIpc) is 3.83. The second-order valence-corrected chi connectivity index (χ2v) is 10.7. The molecule has 1 aliphatic heterocycles. The molecule has 1 saturated carbocycles. The zero-order chi connectivity index (χ0) is 31.9. The summed E-state index contributed by atoms with van der Waals surface area (Å²) in [5.41, 5.74) is 2.07. The van der Waals surface area contributed by atoms with E-state index in [1.807, 2.05) is 0 Å². The number of halogens is 6. The SMILES string of the molecule is Cc1ccc(F)c(OCCOc2ccc(C3=C(C(=O)O)CNCC3)cc2)c1F.FC(F)(F)c1cccc(CNC2CC2)c1Cl. The molecule has 44 heavy (non-hydrogen) atoms. The van der Waals surface area contributed by atoms with E-state index in [-0.39, 0.29) is 18.2 Å². The van der Waals surface area contributed by atoms with Crippen LogP contribution in [-0.2, 0) is 17.5 Å². The van der Waals surface area contributed by atoms with Crippen LogP contribution >= 0.6 is 11.6 Å². The number of carboxylic acid groups (broad SMARTS) is 1. The molecule has 0 saturated heterocycles. The van der Waals surface area contributed by atoms with Crippen LogP contribution in [0.1, 0.15) is 41.5 Å². The van der Waals surface area contributed by atoms with Gasteiger partial charge < -0.3 is 25.2 Å². The summed E-state index contributed by atoms with van der Waals surface area (Å²) in [4.78, 5) is 11.4. The van der Waals surface area contributed by atoms with Crippen molar-refractivity contribution in [2.45, 2.75) is 44.9 Å². The van der Waals surface area contributed by atoms with Crippen molar-refractivity contribution in [3.05, 3.63) is 99.1 Å². The van der Waals surface area contributed by atoms with Crippen molar-refractivity contribution in [3.8, 4) is 11.5 Å². The summed E-state index contributed by atoms with van der Waals surface area (Å²) in [6, 6.07) is 14.0. The molecule has 1 fully saturated rings. The average molecular weight is 639 g/mol. The van der Waals surface area contributed by atoms with Crippen molar-refractivity contribution in [3.63, 3.8) is 0 Å². The van der Waals surface area contributed by atoms with Crippen molar-refractivity contribution >= 4 is 23.1 Å². The van der Waals surface area contributed by atoms with Gasteiger partial charge in [-0.15, -0.1) is 0 Å². The maximum absolute atomic E-state index is 13.9. The smallest absolute Gasteiger partial charge is 0.417 e. The van der Waals surface area contributed by atoms with Gasteiger partial charge in [0, 0.05) is 19.1 Å². The van der Waals surface area contributed by atoms with E-state index in [0.29, 0.717) is 48.0 Å². The van der Waals surface area contributed by atoms with Gasteiger partial charge in [0.2, 0.25) is 0 Å². The van der Waals surface area contributed by atoms with Crippen LogP contribution < -0.4 is 20.1 Å². The fourth-order valence-corrected chi connectivity index (χ4v) is 4.80. The minimum absolute atomic E-state index is 0.0149. The summed E-state index contributed by atoms with van der Waals surface area (Å²) in [5.74, 6) is -2.23. The van der Waals surface area contributed by atoms with E-state index < -0.39 is 35.1 Å². The second kappa shape index (κ2) is 14.9. The van der Waals surface area contributed by atoms with E-state index in [4.69, 9.17) is 21.1 Å². The highest BCUT2D eigenvalue weighted by molar-refractivity contribution is 6.32. The third kappa shape index (κ3) is 8.93. The van der Waals surface area contributed by atoms with Gasteiger partial charge >= 0.3 is 12.1 Å². The molecule has 3 aromatic carbocycles. The lowest BCUT2D eigenvalue weighted by molar-refractivity contribution is -0.137. The number of ether oxygens (including phenoxy) is 2. The number of carbonyl (C=O) groups is 1. The lowest BCUT2D eigenvalue weighted by Crippen LogP contribution is -2.28. The van der Waals surface area contributed by atoms with E-state index in [2.05, 4.69) is 10.6 Å². The van der Waals surface area contributed by atoms with Gasteiger partial charge in [-0.3, -0.25) is 0 Å². The zero-order valence-electron chi connectivity index (χ0n) is 23.9. The van der Waals surface area contributed by atoms with E-state index >= 15 is 0 Å². The largest absolute Gasteiger partial charge is 0.490 e. The molecule has 0 unspecified atom stereocenters. The van der Waals surface area contributed by atoms with Gasteiger partial charge in [-0.05, 0) is 79.3 Å². The Morgan fingerprint density at radius 1 is 1.05 bits per heavy atom. The maximum atomic E-state index is 13.9. The van der Waals surface area contributed by atoms with E-state index in [1.165, 1.54) is 19.1 Å². The number of rotatable bonds is 10. The summed E-state index contributed by atoms with van der Waals surface area (Å²) in [5, 5.41) is 15.3. The fraction of sp³-hybridized carbons (Fsp3) is 0.344. The number of aryl methyl sites for hydroxylation is 1. The highest BCUT2D eigenvalue weighted by atomic mass is 35.5. The lowest BCUT2D eigenvalue weighted by atomic mass is 9.94. The van der Waals surface area contributed by atoms with Crippen LogP contribution in [-0.4, -0.2) is 43.4 Å². The van der Waals surface area contributed by atoms with Crippen LogP contribution in [0.2, 0.25) is 5.02 Å². The Morgan fingerprint density at radius 3 is 2.41 bits per heavy atom. The van der Waals surface area contributed by atoms with Crippen molar-refractivity contribution in [2.24, 2.45) is 0 Å². The van der Waals surface area contributed by atoms with Gasteiger partial charge in [0.1, 0.15) is 19.0 Å². The summed E-state index contributed by atoms with van der Waals surface area (Å²) in [6.07, 6.45) is -1.55. The number of carboxylic acids is 1. The van der Waals surface area contributed by atoms with Crippen LogP contribution in [0.3, 0.4) is 0 Å². The molecule has 3 N–H and O–H groups in total. The van der Waals surface area contributed by atoms with Crippen LogP contribution in [0.4, 0.5) is 22.0 Å². The number of aliphatic carboxylic acids is 1. The molecule has 0 aromatic heterocycles. The Bertz CT molecular complexity index is 1490. The first kappa shape index (κ1) is 33.2. The molecular formula is C32H32ClF5N2O4. The standard InChI is InChI=1S/C21H21F2NO4.C11H11ClF3N/c1-13-2-7-18(22)20(19(13)23)28-11-10-27-15-5-3-14(4-6-15)16-8-9-24-12-17(16)21(25)26;12-10-7(6-16-8-4-5-8)2-1-3-9(10)11(13,14)15/h2-7,24H,8-12H2,1H3,(H,25,26);1-3,8,16H,4-6H2. The molecule has 1 aliphatic carbocycles. The molecule has 3 aromatic rings. The monoisotopic (exact) mass is 638 g/mol. The van der Waals surface area contributed by atoms with Crippen LogP contribution in [0.25, 0.3) is 5.57 Å². The molecule has 0 bridgehead atoms. The van der Waals surface area contributed by atoms with Gasteiger partial charge in [0.15, 0.2) is 17.4 Å².